The van der Waals surface area contributed by atoms with Gasteiger partial charge in [-0.15, -0.1) is 0 Å². The first kappa shape index (κ1) is 9.46. The fourth-order valence-electron chi connectivity index (χ4n) is 0. The van der Waals surface area contributed by atoms with Gasteiger partial charge in [0.05, 0.1) is 5.97 Å². The van der Waals surface area contributed by atoms with Crippen LogP contribution in [0, 0.1) is 5.41 Å². The number of hydrogen-bond donors (Lipinski definition) is 1. The largest absolute Gasteiger partial charge is 1.00 e. The smallest absolute Gasteiger partial charge is 0.544 e. The molecule has 0 amide bonds. The Balaban J connectivity index is 0. The van der Waals surface area contributed by atoms with Crippen LogP contribution in [0.4, 0.5) is 0 Å². The topological polar surface area (TPSA) is 64.0 Å². The number of carbonyl (C=O) groups excluding carboxylic acids is 1. The summed E-state index contributed by atoms with van der Waals surface area (Å²) in [5, 5.41) is 14.9. The van der Waals surface area contributed by atoms with Crippen molar-refractivity contribution in [3.8, 4) is 0 Å². The molecule has 0 saturated heterocycles. The molecule has 0 aromatic heterocycles. The second-order valence-electron chi connectivity index (χ2n) is 0.463. The van der Waals surface area contributed by atoms with Crippen LogP contribution in [0.15, 0.2) is 0 Å². The van der Waals surface area contributed by atoms with E-state index in [4.69, 9.17) is 15.3 Å². The van der Waals surface area contributed by atoms with Gasteiger partial charge in [-0.2, -0.15) is 0 Å². The van der Waals surface area contributed by atoms with E-state index in [9.17, 15) is 0 Å². The van der Waals surface area contributed by atoms with Crippen molar-refractivity contribution < 1.29 is 39.5 Å². The Hall–Kier alpha value is 0.140. The molecule has 0 aromatic rings. The molecular formula is C2H2NNaO2. The van der Waals surface area contributed by atoms with E-state index in [-0.39, 0.29) is 35.8 Å². The SMILES string of the molecule is N=CC(=O)[O-].[Na+]. The maximum absolute atomic E-state index is 9.01. The van der Waals surface area contributed by atoms with Gasteiger partial charge in [0.1, 0.15) is 0 Å². The molecule has 0 atom stereocenters. The Labute approximate surface area is 57.2 Å². The average molecular weight is 95.0 g/mol. The minimum absolute atomic E-state index is 0. The summed E-state index contributed by atoms with van der Waals surface area (Å²) >= 11 is 0. The van der Waals surface area contributed by atoms with Gasteiger partial charge in [0.2, 0.25) is 0 Å². The van der Waals surface area contributed by atoms with E-state index < -0.39 is 5.97 Å². The van der Waals surface area contributed by atoms with Crippen LogP contribution in [0.5, 0.6) is 0 Å². The van der Waals surface area contributed by atoms with E-state index >= 15 is 0 Å². The van der Waals surface area contributed by atoms with Crippen molar-refractivity contribution in [2.45, 2.75) is 0 Å². The summed E-state index contributed by atoms with van der Waals surface area (Å²) in [6.07, 6.45) is 0.222. The van der Waals surface area contributed by atoms with Gasteiger partial charge in [-0.05, 0) is 0 Å². The van der Waals surface area contributed by atoms with Crippen molar-refractivity contribution in [1.29, 1.82) is 5.41 Å². The van der Waals surface area contributed by atoms with Gasteiger partial charge < -0.3 is 15.3 Å². The molecule has 0 bridgehead atoms. The molecule has 0 aliphatic heterocycles. The summed E-state index contributed by atoms with van der Waals surface area (Å²) in [6, 6.07) is 0. The van der Waals surface area contributed by atoms with Gasteiger partial charge in [0.25, 0.3) is 0 Å². The fourth-order valence-corrected chi connectivity index (χ4v) is 0. The molecule has 0 aliphatic carbocycles. The molecule has 0 heterocycles. The van der Waals surface area contributed by atoms with Crippen molar-refractivity contribution in [3.63, 3.8) is 0 Å². The molecule has 0 unspecified atom stereocenters. The average Bonchev–Trinajstić information content (AvgIpc) is 1.38. The zero-order valence-corrected chi connectivity index (χ0v) is 5.39. The van der Waals surface area contributed by atoms with Gasteiger partial charge in [-0.3, -0.25) is 0 Å². The van der Waals surface area contributed by atoms with Gasteiger partial charge in [0.15, 0.2) is 0 Å². The van der Waals surface area contributed by atoms with Crippen molar-refractivity contribution in [2.75, 3.05) is 0 Å². The van der Waals surface area contributed by atoms with Gasteiger partial charge in [-0.1, -0.05) is 0 Å². The molecule has 6 heavy (non-hydrogen) atoms. The van der Waals surface area contributed by atoms with Crippen LogP contribution in [0.3, 0.4) is 0 Å². The Bertz CT molecular complexity index is 62.6. The zero-order chi connectivity index (χ0) is 4.28. The summed E-state index contributed by atoms with van der Waals surface area (Å²) in [4.78, 5) is 9.01. The van der Waals surface area contributed by atoms with Crippen LogP contribution in [0.25, 0.3) is 0 Å². The van der Waals surface area contributed by atoms with Gasteiger partial charge >= 0.3 is 29.6 Å². The van der Waals surface area contributed by atoms with Crippen molar-refractivity contribution in [3.05, 3.63) is 0 Å². The van der Waals surface area contributed by atoms with E-state index in [1.165, 1.54) is 0 Å². The number of aliphatic carboxylic acids is 1. The first-order valence-electron chi connectivity index (χ1n) is 0.986. The molecule has 0 rings (SSSR count). The second kappa shape index (κ2) is 5.14. The standard InChI is InChI=1S/C2H3NO2.Na/c3-1-2(4)5;/h1,3H,(H,4,5);/q;+1/p-1. The number of carboxylic acid groups (broad SMARTS) is 1. The molecule has 4 heteroatoms. The Kier molecular flexibility index (Phi) is 8.11. The third-order valence-corrected chi connectivity index (χ3v) is 0.118. The first-order chi connectivity index (χ1) is 2.27. The van der Waals surface area contributed by atoms with Gasteiger partial charge in [-0.25, -0.2) is 0 Å². The monoisotopic (exact) mass is 95.0 g/mol. The van der Waals surface area contributed by atoms with E-state index in [0.29, 0.717) is 0 Å². The number of rotatable bonds is 1. The molecule has 3 nitrogen and oxygen atoms in total. The quantitative estimate of drug-likeness (QED) is 0.263. The molecular weight excluding hydrogens is 93.0 g/mol. The first-order valence-corrected chi connectivity index (χ1v) is 0.986. The predicted molar refractivity (Wildman–Crippen MR) is 13.8 cm³/mol. The second-order valence-corrected chi connectivity index (χ2v) is 0.463. The number of carbonyl (C=O) groups is 1. The maximum atomic E-state index is 9.01. The third kappa shape index (κ3) is 8.91. The maximum Gasteiger partial charge on any atom is 1.00 e. The van der Waals surface area contributed by atoms with Crippen molar-refractivity contribution >= 4 is 12.2 Å². The summed E-state index contributed by atoms with van der Waals surface area (Å²) in [5.41, 5.74) is 0. The van der Waals surface area contributed by atoms with E-state index in [0.717, 1.165) is 0 Å². The summed E-state index contributed by atoms with van der Waals surface area (Å²) < 4.78 is 0. The fraction of sp³-hybridized carbons (Fsp3) is 0. The molecule has 0 fully saturated rings. The normalized spacial score (nSPS) is 5.33. The minimum atomic E-state index is -1.45. The van der Waals surface area contributed by atoms with Crippen LogP contribution >= 0.6 is 0 Å². The van der Waals surface area contributed by atoms with Crippen molar-refractivity contribution in [1.82, 2.24) is 0 Å². The summed E-state index contributed by atoms with van der Waals surface area (Å²) in [5.74, 6) is -1.45. The Morgan fingerprint density at radius 1 is 1.83 bits per heavy atom. The molecule has 0 aromatic carbocycles. The van der Waals surface area contributed by atoms with Crippen LogP contribution in [0.1, 0.15) is 0 Å². The minimum Gasteiger partial charge on any atom is -0.544 e. The number of carboxylic acids is 1. The molecule has 0 radical (unpaired) electrons. The number of hydrogen-bond acceptors (Lipinski definition) is 3. The number of nitrogens with one attached hydrogen (secondary N) is 1. The Morgan fingerprint density at radius 2 is 2.00 bits per heavy atom. The van der Waals surface area contributed by atoms with Crippen molar-refractivity contribution in [2.24, 2.45) is 0 Å². The molecule has 0 spiro atoms. The molecule has 0 aliphatic rings. The van der Waals surface area contributed by atoms with Crippen LogP contribution in [0.2, 0.25) is 0 Å². The van der Waals surface area contributed by atoms with Crippen LogP contribution in [-0.4, -0.2) is 12.2 Å². The van der Waals surface area contributed by atoms with E-state index in [1.54, 1.807) is 0 Å². The van der Waals surface area contributed by atoms with Crippen LogP contribution < -0.4 is 34.7 Å². The van der Waals surface area contributed by atoms with Gasteiger partial charge in [0, 0.05) is 6.21 Å². The summed E-state index contributed by atoms with van der Waals surface area (Å²) in [7, 11) is 0. The molecule has 1 N–H and O–H groups in total. The molecule has 0 saturated carbocycles. The third-order valence-electron chi connectivity index (χ3n) is 0.118. The van der Waals surface area contributed by atoms with E-state index in [2.05, 4.69) is 0 Å². The zero-order valence-electron chi connectivity index (χ0n) is 3.39. The van der Waals surface area contributed by atoms with Crippen LogP contribution in [-0.2, 0) is 4.79 Å². The van der Waals surface area contributed by atoms with E-state index in [1.807, 2.05) is 0 Å². The predicted octanol–water partition coefficient (Wildman–Crippen LogP) is -4.61. The Morgan fingerprint density at radius 3 is 2.00 bits per heavy atom. The molecule has 28 valence electrons. The summed E-state index contributed by atoms with van der Waals surface area (Å²) in [6.45, 7) is 0.